The number of nitrogen functional groups attached to an aromatic ring is 1. The van der Waals surface area contributed by atoms with Crippen molar-refractivity contribution in [3.05, 3.63) is 12.0 Å². The van der Waals surface area contributed by atoms with Gasteiger partial charge in [0, 0.05) is 6.54 Å². The first-order chi connectivity index (χ1) is 9.61. The number of imidazole rings is 1. The van der Waals surface area contributed by atoms with Crippen molar-refractivity contribution >= 4 is 11.8 Å². The summed E-state index contributed by atoms with van der Waals surface area (Å²) in [4.78, 5) is 18.1. The molecule has 2 rings (SSSR count). The number of esters is 1. The van der Waals surface area contributed by atoms with Gasteiger partial charge in [-0.25, -0.2) is 9.78 Å². The van der Waals surface area contributed by atoms with E-state index in [1.807, 2.05) is 4.57 Å². The highest BCUT2D eigenvalue weighted by Crippen LogP contribution is 2.21. The fourth-order valence-electron chi connectivity index (χ4n) is 2.60. The summed E-state index contributed by atoms with van der Waals surface area (Å²) < 4.78 is 6.78. The summed E-state index contributed by atoms with van der Waals surface area (Å²) in [6.45, 7) is 5.24. The molecule has 6 nitrogen and oxygen atoms in total. The lowest BCUT2D eigenvalue weighted by Crippen LogP contribution is -2.30. The first kappa shape index (κ1) is 14.8. The summed E-state index contributed by atoms with van der Waals surface area (Å²) in [6.07, 6.45) is 5.18. The standard InChI is InChI=1S/C14H24N4O2/c1-3-20-14(19)12-13(15)18(10-16-12)9-6-11-4-7-17(2)8-5-11/h10-11H,3-9,15H2,1-2H3. The number of hydrogen-bond donors (Lipinski definition) is 1. The van der Waals surface area contributed by atoms with E-state index in [1.165, 1.54) is 12.8 Å². The number of carbonyl (C=O) groups excluding carboxylic acids is 1. The van der Waals surface area contributed by atoms with Crippen LogP contribution in [0.4, 0.5) is 5.82 Å². The molecule has 1 aromatic heterocycles. The number of ether oxygens (including phenoxy) is 1. The first-order valence-electron chi connectivity index (χ1n) is 7.28. The zero-order chi connectivity index (χ0) is 14.5. The van der Waals surface area contributed by atoms with Crippen LogP contribution in [0.25, 0.3) is 0 Å². The van der Waals surface area contributed by atoms with Crippen LogP contribution in [0.5, 0.6) is 0 Å². The van der Waals surface area contributed by atoms with Crippen LogP contribution in [0.1, 0.15) is 36.7 Å². The molecule has 1 aliphatic rings. The smallest absolute Gasteiger partial charge is 0.360 e. The Morgan fingerprint density at radius 2 is 2.20 bits per heavy atom. The predicted octanol–water partition coefficient (Wildman–Crippen LogP) is 1.37. The molecule has 0 aromatic carbocycles. The quantitative estimate of drug-likeness (QED) is 0.825. The molecule has 0 bridgehead atoms. The molecule has 0 spiro atoms. The van der Waals surface area contributed by atoms with Gasteiger partial charge in [-0.05, 0) is 52.2 Å². The zero-order valence-corrected chi connectivity index (χ0v) is 12.3. The second kappa shape index (κ2) is 6.74. The van der Waals surface area contributed by atoms with Crippen molar-refractivity contribution in [2.24, 2.45) is 5.92 Å². The summed E-state index contributed by atoms with van der Waals surface area (Å²) in [5.41, 5.74) is 6.20. The zero-order valence-electron chi connectivity index (χ0n) is 12.3. The number of carbonyl (C=O) groups is 1. The third-order valence-electron chi connectivity index (χ3n) is 3.96. The average molecular weight is 280 g/mol. The molecule has 112 valence electrons. The Hall–Kier alpha value is -1.56. The molecule has 2 N–H and O–H groups in total. The van der Waals surface area contributed by atoms with E-state index >= 15 is 0 Å². The summed E-state index contributed by atoms with van der Waals surface area (Å²) >= 11 is 0. The summed E-state index contributed by atoms with van der Waals surface area (Å²) in [5, 5.41) is 0. The molecule has 20 heavy (non-hydrogen) atoms. The van der Waals surface area contributed by atoms with Gasteiger partial charge in [0.1, 0.15) is 5.82 Å². The Labute approximate surface area is 119 Å². The molecule has 2 heterocycles. The molecule has 0 saturated carbocycles. The predicted molar refractivity (Wildman–Crippen MR) is 77.4 cm³/mol. The van der Waals surface area contributed by atoms with Crippen LogP contribution in [0, 0.1) is 5.92 Å². The van der Waals surface area contributed by atoms with Crippen LogP contribution in [-0.4, -0.2) is 47.2 Å². The fourth-order valence-corrected chi connectivity index (χ4v) is 2.60. The SMILES string of the molecule is CCOC(=O)c1ncn(CCC2CCN(C)CC2)c1N. The Balaban J connectivity index is 1.89. The topological polar surface area (TPSA) is 73.4 Å². The highest BCUT2D eigenvalue weighted by Gasteiger charge is 2.19. The van der Waals surface area contributed by atoms with Crippen molar-refractivity contribution in [2.75, 3.05) is 32.5 Å². The number of nitrogens with zero attached hydrogens (tertiary/aromatic N) is 3. The van der Waals surface area contributed by atoms with Crippen molar-refractivity contribution in [1.82, 2.24) is 14.5 Å². The lowest BCUT2D eigenvalue weighted by molar-refractivity contribution is 0.0521. The number of piperidine rings is 1. The van der Waals surface area contributed by atoms with Crippen LogP contribution in [0.3, 0.4) is 0 Å². The van der Waals surface area contributed by atoms with Crippen molar-refractivity contribution in [3.8, 4) is 0 Å². The number of nitrogens with two attached hydrogens (primary N) is 1. The highest BCUT2D eigenvalue weighted by atomic mass is 16.5. The first-order valence-corrected chi connectivity index (χ1v) is 7.28. The minimum Gasteiger partial charge on any atom is -0.461 e. The molecule has 1 fully saturated rings. The molecule has 0 aliphatic carbocycles. The Kier molecular flexibility index (Phi) is 5.00. The molecule has 6 heteroatoms. The minimum absolute atomic E-state index is 0.232. The van der Waals surface area contributed by atoms with Crippen molar-refractivity contribution in [2.45, 2.75) is 32.7 Å². The molecule has 0 amide bonds. The molecule has 0 radical (unpaired) electrons. The van der Waals surface area contributed by atoms with Gasteiger partial charge in [-0.1, -0.05) is 0 Å². The summed E-state index contributed by atoms with van der Waals surface area (Å²) in [5.74, 6) is 0.707. The number of rotatable bonds is 5. The number of aryl methyl sites for hydroxylation is 1. The van der Waals surface area contributed by atoms with Crippen LogP contribution in [-0.2, 0) is 11.3 Å². The lowest BCUT2D eigenvalue weighted by atomic mass is 9.94. The maximum Gasteiger partial charge on any atom is 0.360 e. The van der Waals surface area contributed by atoms with Gasteiger partial charge in [-0.2, -0.15) is 0 Å². The number of anilines is 1. The van der Waals surface area contributed by atoms with Gasteiger partial charge in [-0.3, -0.25) is 0 Å². The Morgan fingerprint density at radius 3 is 2.85 bits per heavy atom. The van der Waals surface area contributed by atoms with Crippen molar-refractivity contribution in [1.29, 1.82) is 0 Å². The average Bonchev–Trinajstić information content (AvgIpc) is 2.80. The molecule has 0 unspecified atom stereocenters. The van der Waals surface area contributed by atoms with Crippen molar-refractivity contribution < 1.29 is 9.53 Å². The van der Waals surface area contributed by atoms with E-state index in [4.69, 9.17) is 10.5 Å². The highest BCUT2D eigenvalue weighted by molar-refractivity contribution is 5.92. The van der Waals surface area contributed by atoms with E-state index in [9.17, 15) is 4.79 Å². The van der Waals surface area contributed by atoms with E-state index in [-0.39, 0.29) is 5.69 Å². The van der Waals surface area contributed by atoms with Gasteiger partial charge in [-0.15, -0.1) is 0 Å². The minimum atomic E-state index is -0.442. The van der Waals surface area contributed by atoms with Crippen LogP contribution >= 0.6 is 0 Å². The normalized spacial score (nSPS) is 17.3. The third-order valence-corrected chi connectivity index (χ3v) is 3.96. The van der Waals surface area contributed by atoms with E-state index in [0.717, 1.165) is 32.0 Å². The maximum absolute atomic E-state index is 11.6. The van der Waals surface area contributed by atoms with E-state index in [1.54, 1.807) is 13.3 Å². The van der Waals surface area contributed by atoms with Gasteiger partial charge in [0.05, 0.1) is 12.9 Å². The van der Waals surface area contributed by atoms with E-state index < -0.39 is 5.97 Å². The van der Waals surface area contributed by atoms with Gasteiger partial charge < -0.3 is 19.9 Å². The number of likely N-dealkylation sites (tertiary alicyclic amines) is 1. The van der Waals surface area contributed by atoms with Crippen LogP contribution in [0.15, 0.2) is 6.33 Å². The monoisotopic (exact) mass is 280 g/mol. The molecule has 1 aromatic rings. The van der Waals surface area contributed by atoms with Gasteiger partial charge >= 0.3 is 5.97 Å². The van der Waals surface area contributed by atoms with Crippen LogP contribution < -0.4 is 5.73 Å². The lowest BCUT2D eigenvalue weighted by Gasteiger charge is -2.28. The van der Waals surface area contributed by atoms with Crippen LogP contribution in [0.2, 0.25) is 0 Å². The molecule has 1 aliphatic heterocycles. The second-order valence-electron chi connectivity index (χ2n) is 5.43. The van der Waals surface area contributed by atoms with E-state index in [2.05, 4.69) is 16.9 Å². The largest absolute Gasteiger partial charge is 0.461 e. The number of hydrogen-bond acceptors (Lipinski definition) is 5. The van der Waals surface area contributed by atoms with Gasteiger partial charge in [0.2, 0.25) is 0 Å². The van der Waals surface area contributed by atoms with Crippen molar-refractivity contribution in [3.63, 3.8) is 0 Å². The summed E-state index contributed by atoms with van der Waals surface area (Å²) in [7, 11) is 2.16. The molecule has 0 atom stereocenters. The third kappa shape index (κ3) is 3.50. The molecule has 1 saturated heterocycles. The fraction of sp³-hybridized carbons (Fsp3) is 0.714. The van der Waals surface area contributed by atoms with Gasteiger partial charge in [0.15, 0.2) is 5.69 Å². The maximum atomic E-state index is 11.6. The number of aromatic nitrogens is 2. The molecular formula is C14H24N4O2. The Morgan fingerprint density at radius 1 is 1.50 bits per heavy atom. The molecular weight excluding hydrogens is 256 g/mol. The summed E-state index contributed by atoms with van der Waals surface area (Å²) in [6, 6.07) is 0. The van der Waals surface area contributed by atoms with Gasteiger partial charge in [0.25, 0.3) is 0 Å². The van der Waals surface area contributed by atoms with E-state index in [0.29, 0.717) is 12.4 Å². The second-order valence-corrected chi connectivity index (χ2v) is 5.43. The Bertz CT molecular complexity index is 450.